The molecular weight excluding hydrogens is 470 g/mol. The second-order valence-corrected chi connectivity index (χ2v) is 9.44. The van der Waals surface area contributed by atoms with Crippen molar-refractivity contribution in [2.75, 3.05) is 27.2 Å². The Morgan fingerprint density at radius 1 is 1.00 bits per heavy atom. The summed E-state index contributed by atoms with van der Waals surface area (Å²) < 4.78 is 0. The first-order chi connectivity index (χ1) is 18.1. The number of H-pyrrole nitrogens is 1. The van der Waals surface area contributed by atoms with E-state index >= 15 is 0 Å². The normalized spacial score (nSPS) is 11.7. The van der Waals surface area contributed by atoms with Gasteiger partial charge in [0.05, 0.1) is 11.4 Å². The number of phenols is 1. The summed E-state index contributed by atoms with van der Waals surface area (Å²) in [5.41, 5.74) is 6.77. The lowest BCUT2D eigenvalue weighted by Gasteiger charge is -2.12. The molecule has 0 atom stereocenters. The minimum atomic E-state index is -0.0318. The number of aromatic amines is 1. The van der Waals surface area contributed by atoms with Gasteiger partial charge in [-0.1, -0.05) is 46.8 Å². The van der Waals surface area contributed by atoms with Crippen LogP contribution in [0.2, 0.25) is 0 Å². The van der Waals surface area contributed by atoms with Crippen molar-refractivity contribution in [2.45, 2.75) is 74.7 Å². The maximum atomic E-state index is 12.4. The lowest BCUT2D eigenvalue weighted by atomic mass is 9.99. The molecule has 208 valence electrons. The van der Waals surface area contributed by atoms with Gasteiger partial charge in [-0.3, -0.25) is 9.79 Å². The molecular formula is C33H49N3O2. The highest BCUT2D eigenvalue weighted by Crippen LogP contribution is 2.26. The molecule has 0 amide bonds. The highest BCUT2D eigenvalue weighted by atomic mass is 16.3. The molecule has 0 bridgehead atoms. The number of rotatable bonds is 9. The summed E-state index contributed by atoms with van der Waals surface area (Å²) in [7, 11) is 3.88. The Morgan fingerprint density at radius 3 is 2.05 bits per heavy atom. The smallest absolute Gasteiger partial charge is 0.161 e. The SMILES string of the molecule is CC.CCCN(C)CCC.CCc1ccc2cc(/C(=C/C(=NC)c3cc(C)c(O)c(C)c3)C(C)=O)[nH]c2c1. The molecule has 5 heteroatoms. The van der Waals surface area contributed by atoms with Crippen LogP contribution in [-0.4, -0.2) is 53.7 Å². The van der Waals surface area contributed by atoms with Gasteiger partial charge < -0.3 is 15.0 Å². The molecule has 3 rings (SSSR count). The van der Waals surface area contributed by atoms with Gasteiger partial charge in [-0.05, 0) is 107 Å². The number of aryl methyl sites for hydroxylation is 3. The number of ketones is 1. The molecule has 0 aliphatic carbocycles. The van der Waals surface area contributed by atoms with Crippen LogP contribution in [0.15, 0.2) is 47.5 Å². The molecule has 1 heterocycles. The van der Waals surface area contributed by atoms with Crippen LogP contribution in [0.1, 0.15) is 82.3 Å². The number of carbonyl (C=O) groups excluding carboxylic acids is 1. The minimum absolute atomic E-state index is 0.0318. The number of carbonyl (C=O) groups is 1. The number of phenolic OH excluding ortho intramolecular Hbond substituents is 1. The van der Waals surface area contributed by atoms with Gasteiger partial charge in [-0.25, -0.2) is 0 Å². The quantitative estimate of drug-likeness (QED) is 0.223. The predicted octanol–water partition coefficient (Wildman–Crippen LogP) is 7.91. The van der Waals surface area contributed by atoms with Crippen LogP contribution >= 0.6 is 0 Å². The monoisotopic (exact) mass is 519 g/mol. The lowest BCUT2D eigenvalue weighted by Crippen LogP contribution is -2.19. The van der Waals surface area contributed by atoms with E-state index in [0.717, 1.165) is 39.7 Å². The molecule has 5 nitrogen and oxygen atoms in total. The zero-order chi connectivity index (χ0) is 28.8. The van der Waals surface area contributed by atoms with Crippen molar-refractivity contribution in [3.63, 3.8) is 0 Å². The number of aromatic hydroxyl groups is 1. The number of aliphatic imine (C=N–C) groups is 1. The summed E-state index contributed by atoms with van der Waals surface area (Å²) >= 11 is 0. The van der Waals surface area contributed by atoms with E-state index in [-0.39, 0.29) is 11.5 Å². The maximum absolute atomic E-state index is 12.4. The summed E-state index contributed by atoms with van der Waals surface area (Å²) in [4.78, 5) is 22.6. The summed E-state index contributed by atoms with van der Waals surface area (Å²) in [6.45, 7) is 18.3. The van der Waals surface area contributed by atoms with Gasteiger partial charge in [0.25, 0.3) is 0 Å². The molecule has 38 heavy (non-hydrogen) atoms. The van der Waals surface area contributed by atoms with Crippen molar-refractivity contribution in [3.8, 4) is 5.75 Å². The number of benzene rings is 2. The first-order valence-corrected chi connectivity index (χ1v) is 14.0. The average Bonchev–Trinajstić information content (AvgIpc) is 3.32. The van der Waals surface area contributed by atoms with Crippen molar-refractivity contribution in [3.05, 3.63) is 70.4 Å². The minimum Gasteiger partial charge on any atom is -0.507 e. The largest absolute Gasteiger partial charge is 0.507 e. The van der Waals surface area contributed by atoms with Crippen LogP contribution < -0.4 is 0 Å². The zero-order valence-electron chi connectivity index (χ0n) is 25.3. The zero-order valence-corrected chi connectivity index (χ0v) is 25.3. The number of nitrogens with zero attached hydrogens (tertiary/aromatic N) is 2. The van der Waals surface area contributed by atoms with E-state index in [0.29, 0.717) is 11.3 Å². The van der Waals surface area contributed by atoms with Crippen LogP contribution in [0.3, 0.4) is 0 Å². The van der Waals surface area contributed by atoms with Gasteiger partial charge >= 0.3 is 0 Å². The van der Waals surface area contributed by atoms with Gasteiger partial charge in [-0.15, -0.1) is 0 Å². The third-order valence-corrected chi connectivity index (χ3v) is 6.28. The number of allylic oxidation sites excluding steroid dienone is 2. The van der Waals surface area contributed by atoms with E-state index in [1.807, 2.05) is 52.0 Å². The summed E-state index contributed by atoms with van der Waals surface area (Å²) in [5.74, 6) is 0.257. The van der Waals surface area contributed by atoms with E-state index in [4.69, 9.17) is 0 Å². The van der Waals surface area contributed by atoms with Gasteiger partial charge in [0, 0.05) is 29.1 Å². The van der Waals surface area contributed by atoms with Crippen molar-refractivity contribution < 1.29 is 9.90 Å². The summed E-state index contributed by atoms with van der Waals surface area (Å²) in [6.07, 6.45) is 5.33. The number of hydrogen-bond donors (Lipinski definition) is 2. The van der Waals surface area contributed by atoms with Crippen molar-refractivity contribution in [2.24, 2.45) is 4.99 Å². The molecule has 1 aromatic heterocycles. The molecule has 0 fully saturated rings. The second kappa shape index (κ2) is 16.6. The molecule has 0 aliphatic heterocycles. The van der Waals surface area contributed by atoms with Gasteiger partial charge in [0.2, 0.25) is 0 Å². The standard InChI is InChI=1S/C24H26N2O2.C7H17N.C2H6/c1-6-17-7-8-18-12-23(26-22(18)11-17)20(16(4)27)13-21(25-5)19-9-14(2)24(28)15(3)10-19;1-4-6-8(3)7-5-2;1-2/h7-13,26,28H,6H2,1-5H3;4-7H2,1-3H3;1-2H3/b20-13+,25-21?;;. The first-order valence-electron chi connectivity index (χ1n) is 14.0. The second-order valence-electron chi connectivity index (χ2n) is 9.44. The van der Waals surface area contributed by atoms with E-state index < -0.39 is 0 Å². The Hall–Kier alpha value is -3.18. The Kier molecular flexibility index (Phi) is 14.4. The number of Topliss-reactive ketones (excluding diaryl/α,β-unsaturated/α-hetero) is 1. The van der Waals surface area contributed by atoms with E-state index in [9.17, 15) is 9.90 Å². The van der Waals surface area contributed by atoms with Crippen LogP contribution in [0.25, 0.3) is 16.5 Å². The topological polar surface area (TPSA) is 68.7 Å². The van der Waals surface area contributed by atoms with Crippen LogP contribution in [0.5, 0.6) is 5.75 Å². The van der Waals surface area contributed by atoms with Crippen LogP contribution in [-0.2, 0) is 11.2 Å². The Balaban J connectivity index is 0.000000620. The summed E-state index contributed by atoms with van der Waals surface area (Å²) in [6, 6.07) is 12.1. The molecule has 0 spiro atoms. The Morgan fingerprint density at radius 2 is 1.58 bits per heavy atom. The van der Waals surface area contributed by atoms with E-state index in [1.54, 1.807) is 14.0 Å². The number of fused-ring (bicyclic) bond motifs is 1. The van der Waals surface area contributed by atoms with Gasteiger partial charge in [0.1, 0.15) is 5.75 Å². The Labute approximate surface area is 230 Å². The molecule has 2 aromatic carbocycles. The molecule has 2 N–H and O–H groups in total. The number of hydrogen-bond acceptors (Lipinski definition) is 4. The fourth-order valence-electron chi connectivity index (χ4n) is 4.30. The molecule has 0 aliphatic rings. The molecule has 0 saturated carbocycles. The van der Waals surface area contributed by atoms with Crippen LogP contribution in [0.4, 0.5) is 0 Å². The molecule has 3 aromatic rings. The van der Waals surface area contributed by atoms with Crippen molar-refractivity contribution >= 4 is 28.0 Å². The molecule has 0 saturated heterocycles. The lowest BCUT2D eigenvalue weighted by molar-refractivity contribution is -0.111. The third-order valence-electron chi connectivity index (χ3n) is 6.28. The van der Waals surface area contributed by atoms with E-state index in [1.165, 1.54) is 31.5 Å². The number of nitrogens with one attached hydrogen (secondary N) is 1. The van der Waals surface area contributed by atoms with Crippen molar-refractivity contribution in [1.82, 2.24) is 9.88 Å². The maximum Gasteiger partial charge on any atom is 0.161 e. The van der Waals surface area contributed by atoms with Crippen LogP contribution in [0, 0.1) is 13.8 Å². The predicted molar refractivity (Wildman–Crippen MR) is 166 cm³/mol. The van der Waals surface area contributed by atoms with Gasteiger partial charge in [-0.2, -0.15) is 0 Å². The third kappa shape index (κ3) is 9.29. The Bertz CT molecular complexity index is 1210. The fourth-order valence-corrected chi connectivity index (χ4v) is 4.30. The average molecular weight is 520 g/mol. The highest BCUT2D eigenvalue weighted by molar-refractivity contribution is 6.27. The first kappa shape index (κ1) is 32.8. The number of aromatic nitrogens is 1. The van der Waals surface area contributed by atoms with Crippen molar-refractivity contribution in [1.29, 1.82) is 0 Å². The summed E-state index contributed by atoms with van der Waals surface area (Å²) in [5, 5.41) is 11.1. The highest BCUT2D eigenvalue weighted by Gasteiger charge is 2.14. The molecule has 0 radical (unpaired) electrons. The van der Waals surface area contributed by atoms with E-state index in [2.05, 4.69) is 60.9 Å². The fraction of sp³-hybridized carbons (Fsp3) is 0.455. The molecule has 0 unspecified atom stereocenters. The van der Waals surface area contributed by atoms with Gasteiger partial charge in [0.15, 0.2) is 5.78 Å².